The summed E-state index contributed by atoms with van der Waals surface area (Å²) in [5.41, 5.74) is 4.66. The topological polar surface area (TPSA) is 76.7 Å². The van der Waals surface area contributed by atoms with E-state index in [2.05, 4.69) is 10.9 Å². The third-order valence-corrected chi connectivity index (χ3v) is 2.65. The second-order valence-electron chi connectivity index (χ2n) is 4.80. The molecule has 1 unspecified atom stereocenters. The molecule has 2 amide bonds. The van der Waals surface area contributed by atoms with Gasteiger partial charge in [-0.2, -0.15) is 0 Å². The van der Waals surface area contributed by atoms with Crippen molar-refractivity contribution in [2.45, 2.75) is 33.8 Å². The number of hydrazine groups is 1. The average molecular weight is 294 g/mol. The van der Waals surface area contributed by atoms with Gasteiger partial charge in [0.05, 0.1) is 6.61 Å². The van der Waals surface area contributed by atoms with Crippen molar-refractivity contribution in [2.24, 2.45) is 5.92 Å². The fourth-order valence-corrected chi connectivity index (χ4v) is 1.41. The Hall–Kier alpha value is -2.24. The highest BCUT2D eigenvalue weighted by Crippen LogP contribution is 2.18. The Labute approximate surface area is 124 Å². The lowest BCUT2D eigenvalue weighted by Gasteiger charge is -2.16. The van der Waals surface area contributed by atoms with Gasteiger partial charge in [0.15, 0.2) is 6.10 Å². The van der Waals surface area contributed by atoms with E-state index in [1.54, 1.807) is 45.0 Å². The first-order chi connectivity index (χ1) is 9.93. The number of nitrogens with one attached hydrogen (secondary N) is 2. The molecule has 0 aliphatic heterocycles. The summed E-state index contributed by atoms with van der Waals surface area (Å²) in [4.78, 5) is 23.1. The van der Waals surface area contributed by atoms with Crippen LogP contribution in [0.5, 0.6) is 11.5 Å². The minimum absolute atomic E-state index is 0.201. The van der Waals surface area contributed by atoms with Gasteiger partial charge in [-0.3, -0.25) is 20.4 Å². The molecule has 1 atom stereocenters. The molecule has 6 heteroatoms. The largest absolute Gasteiger partial charge is 0.494 e. The summed E-state index contributed by atoms with van der Waals surface area (Å²) in [6.45, 7) is 7.58. The molecular formula is C15H22N2O4. The average Bonchev–Trinajstić information content (AvgIpc) is 2.46. The van der Waals surface area contributed by atoms with Crippen LogP contribution in [0.15, 0.2) is 24.3 Å². The van der Waals surface area contributed by atoms with Gasteiger partial charge >= 0.3 is 0 Å². The van der Waals surface area contributed by atoms with Crippen molar-refractivity contribution in [3.63, 3.8) is 0 Å². The Morgan fingerprint density at radius 3 is 2.05 bits per heavy atom. The normalized spacial score (nSPS) is 11.7. The van der Waals surface area contributed by atoms with E-state index in [1.807, 2.05) is 6.92 Å². The molecule has 0 aliphatic rings. The Bertz CT molecular complexity index is 471. The van der Waals surface area contributed by atoms with Gasteiger partial charge in [0.2, 0.25) is 5.91 Å². The number of hydrogen-bond acceptors (Lipinski definition) is 4. The first kappa shape index (κ1) is 16.8. The number of carbonyl (C=O) groups excluding carboxylic acids is 2. The van der Waals surface area contributed by atoms with Gasteiger partial charge < -0.3 is 9.47 Å². The summed E-state index contributed by atoms with van der Waals surface area (Å²) >= 11 is 0. The summed E-state index contributed by atoms with van der Waals surface area (Å²) in [5, 5.41) is 0. The molecule has 0 saturated carbocycles. The highest BCUT2D eigenvalue weighted by atomic mass is 16.5. The van der Waals surface area contributed by atoms with E-state index in [-0.39, 0.29) is 11.8 Å². The number of benzene rings is 1. The van der Waals surface area contributed by atoms with E-state index in [0.29, 0.717) is 12.4 Å². The maximum absolute atomic E-state index is 11.8. The van der Waals surface area contributed by atoms with Crippen LogP contribution in [0.4, 0.5) is 0 Å². The van der Waals surface area contributed by atoms with Crippen molar-refractivity contribution in [1.29, 1.82) is 0 Å². The molecule has 1 aromatic rings. The van der Waals surface area contributed by atoms with E-state index < -0.39 is 12.0 Å². The van der Waals surface area contributed by atoms with Gasteiger partial charge in [-0.05, 0) is 38.1 Å². The van der Waals surface area contributed by atoms with Crippen molar-refractivity contribution < 1.29 is 19.1 Å². The molecule has 0 aliphatic carbocycles. The Kier molecular flexibility index (Phi) is 6.52. The van der Waals surface area contributed by atoms with Crippen LogP contribution in [0.25, 0.3) is 0 Å². The SMILES string of the molecule is CCOc1ccc(OC(C)C(=O)NNC(=O)C(C)C)cc1. The van der Waals surface area contributed by atoms with Crippen molar-refractivity contribution in [3.05, 3.63) is 24.3 Å². The van der Waals surface area contributed by atoms with Gasteiger partial charge in [-0.15, -0.1) is 0 Å². The predicted octanol–water partition coefficient (Wildman–Crippen LogP) is 1.66. The summed E-state index contributed by atoms with van der Waals surface area (Å²) in [7, 11) is 0. The van der Waals surface area contributed by atoms with Gasteiger partial charge in [0.1, 0.15) is 11.5 Å². The molecule has 0 heterocycles. The Morgan fingerprint density at radius 1 is 1.00 bits per heavy atom. The number of rotatable bonds is 6. The lowest BCUT2D eigenvalue weighted by Crippen LogP contribution is -2.48. The zero-order chi connectivity index (χ0) is 15.8. The highest BCUT2D eigenvalue weighted by molar-refractivity contribution is 5.85. The van der Waals surface area contributed by atoms with Gasteiger partial charge in [0.25, 0.3) is 5.91 Å². The quantitative estimate of drug-likeness (QED) is 0.782. The maximum Gasteiger partial charge on any atom is 0.279 e. The fourth-order valence-electron chi connectivity index (χ4n) is 1.41. The maximum atomic E-state index is 11.8. The second-order valence-corrected chi connectivity index (χ2v) is 4.80. The Balaban J connectivity index is 2.46. The van der Waals surface area contributed by atoms with Gasteiger partial charge in [0, 0.05) is 5.92 Å². The van der Waals surface area contributed by atoms with Crippen LogP contribution in [0.1, 0.15) is 27.7 Å². The van der Waals surface area contributed by atoms with Crippen LogP contribution < -0.4 is 20.3 Å². The number of amides is 2. The standard InChI is InChI=1S/C15H22N2O4/c1-5-20-12-6-8-13(9-7-12)21-11(4)15(19)17-16-14(18)10(2)3/h6-11H,5H2,1-4H3,(H,16,18)(H,17,19). The summed E-state index contributed by atoms with van der Waals surface area (Å²) < 4.78 is 10.8. The highest BCUT2D eigenvalue weighted by Gasteiger charge is 2.16. The van der Waals surface area contributed by atoms with Crippen molar-refractivity contribution in [1.82, 2.24) is 10.9 Å². The van der Waals surface area contributed by atoms with E-state index >= 15 is 0 Å². The molecule has 0 saturated heterocycles. The molecule has 0 aromatic heterocycles. The molecule has 1 aromatic carbocycles. The molecular weight excluding hydrogens is 272 g/mol. The zero-order valence-corrected chi connectivity index (χ0v) is 12.8. The molecule has 0 bridgehead atoms. The van der Waals surface area contributed by atoms with E-state index in [9.17, 15) is 9.59 Å². The minimum atomic E-state index is -0.726. The molecule has 0 fully saturated rings. The molecule has 116 valence electrons. The third-order valence-electron chi connectivity index (χ3n) is 2.65. The summed E-state index contributed by atoms with van der Waals surface area (Å²) in [5.74, 6) is 0.421. The molecule has 2 N–H and O–H groups in total. The van der Waals surface area contributed by atoms with Crippen LogP contribution >= 0.6 is 0 Å². The van der Waals surface area contributed by atoms with Crippen molar-refractivity contribution in [2.75, 3.05) is 6.61 Å². The number of carbonyl (C=O) groups is 2. The fraction of sp³-hybridized carbons (Fsp3) is 0.467. The number of ether oxygens (including phenoxy) is 2. The van der Waals surface area contributed by atoms with Crippen molar-refractivity contribution >= 4 is 11.8 Å². The van der Waals surface area contributed by atoms with E-state index in [0.717, 1.165) is 5.75 Å². The van der Waals surface area contributed by atoms with Crippen LogP contribution in [-0.4, -0.2) is 24.5 Å². The van der Waals surface area contributed by atoms with E-state index in [1.165, 1.54) is 0 Å². The van der Waals surface area contributed by atoms with Crippen LogP contribution in [0, 0.1) is 5.92 Å². The van der Waals surface area contributed by atoms with Crippen LogP contribution in [0.2, 0.25) is 0 Å². The Morgan fingerprint density at radius 2 is 1.52 bits per heavy atom. The van der Waals surface area contributed by atoms with Crippen LogP contribution in [0.3, 0.4) is 0 Å². The molecule has 21 heavy (non-hydrogen) atoms. The smallest absolute Gasteiger partial charge is 0.279 e. The second kappa shape index (κ2) is 8.14. The van der Waals surface area contributed by atoms with Crippen LogP contribution in [-0.2, 0) is 9.59 Å². The monoisotopic (exact) mass is 294 g/mol. The zero-order valence-electron chi connectivity index (χ0n) is 12.8. The minimum Gasteiger partial charge on any atom is -0.494 e. The molecule has 0 radical (unpaired) electrons. The van der Waals surface area contributed by atoms with Crippen molar-refractivity contribution in [3.8, 4) is 11.5 Å². The summed E-state index contributed by atoms with van der Waals surface area (Å²) in [6.07, 6.45) is -0.726. The molecule has 0 spiro atoms. The van der Waals surface area contributed by atoms with Gasteiger partial charge in [-0.1, -0.05) is 13.8 Å². The lowest BCUT2D eigenvalue weighted by atomic mass is 10.2. The van der Waals surface area contributed by atoms with E-state index in [4.69, 9.17) is 9.47 Å². The first-order valence-corrected chi connectivity index (χ1v) is 6.93. The summed E-state index contributed by atoms with van der Waals surface area (Å²) in [6, 6.07) is 6.98. The molecule has 1 rings (SSSR count). The first-order valence-electron chi connectivity index (χ1n) is 6.93. The van der Waals surface area contributed by atoms with Gasteiger partial charge in [-0.25, -0.2) is 0 Å². The third kappa shape index (κ3) is 5.72. The number of hydrogen-bond donors (Lipinski definition) is 2. The predicted molar refractivity (Wildman–Crippen MR) is 78.8 cm³/mol. The molecule has 6 nitrogen and oxygen atoms in total. The lowest BCUT2D eigenvalue weighted by molar-refractivity contribution is -0.133.